The van der Waals surface area contributed by atoms with Gasteiger partial charge >= 0.3 is 0 Å². The largest absolute Gasteiger partial charge is 0.295 e. The molecule has 0 atom stereocenters. The smallest absolute Gasteiger partial charge is 0.156 e. The highest BCUT2D eigenvalue weighted by Crippen LogP contribution is 2.22. The van der Waals surface area contributed by atoms with Gasteiger partial charge in [-0.25, -0.2) is 0 Å². The topological polar surface area (TPSA) is 17.1 Å². The second kappa shape index (κ2) is 6.43. The Bertz CT molecular complexity index is 267. The van der Waals surface area contributed by atoms with Crippen molar-refractivity contribution in [1.29, 1.82) is 0 Å². The van der Waals surface area contributed by atoms with Crippen molar-refractivity contribution in [2.24, 2.45) is 0 Å². The van der Waals surface area contributed by atoms with Gasteiger partial charge in [0.05, 0.1) is 0 Å². The van der Waals surface area contributed by atoms with E-state index in [0.717, 1.165) is 12.8 Å². The second-order valence-corrected chi connectivity index (χ2v) is 3.76. The summed E-state index contributed by atoms with van der Waals surface area (Å²) in [5.41, 5.74) is 1.35. The minimum Gasteiger partial charge on any atom is -0.295 e. The lowest BCUT2D eigenvalue weighted by Gasteiger charge is -2.12. The zero-order valence-electron chi connectivity index (χ0n) is 8.94. The van der Waals surface area contributed by atoms with Crippen molar-refractivity contribution < 1.29 is 4.79 Å². The molecule has 0 N–H and O–H groups in total. The molecule has 1 nitrogen and oxygen atoms in total. The molecule has 1 aliphatic carbocycles. The summed E-state index contributed by atoms with van der Waals surface area (Å²) in [6.45, 7) is 1.81. The first-order valence-electron chi connectivity index (χ1n) is 5.45. The molecule has 0 aromatic carbocycles. The average molecular weight is 190 g/mol. The van der Waals surface area contributed by atoms with Crippen LogP contribution in [0.1, 0.15) is 51.9 Å². The molecule has 14 heavy (non-hydrogen) atoms. The number of carbonyl (C=O) groups excluding carboxylic acids is 1. The molecular weight excluding hydrogens is 172 g/mol. The van der Waals surface area contributed by atoms with E-state index in [1.165, 1.54) is 24.8 Å². The normalized spacial score (nSPS) is 15.6. The van der Waals surface area contributed by atoms with E-state index >= 15 is 0 Å². The minimum atomic E-state index is 0.254. The molecule has 0 radical (unpaired) electrons. The molecular formula is C13H18O. The number of hydrogen-bond donors (Lipinski definition) is 0. The highest BCUT2D eigenvalue weighted by molar-refractivity contribution is 5.90. The van der Waals surface area contributed by atoms with Crippen LogP contribution in [0.3, 0.4) is 0 Å². The molecule has 0 amide bonds. The molecule has 76 valence electrons. The maximum atomic E-state index is 11.4. The molecule has 0 saturated heterocycles. The summed E-state index contributed by atoms with van der Waals surface area (Å²) >= 11 is 0. The van der Waals surface area contributed by atoms with Gasteiger partial charge in [-0.3, -0.25) is 4.79 Å². The summed E-state index contributed by atoms with van der Waals surface area (Å²) < 4.78 is 0. The minimum absolute atomic E-state index is 0.254. The van der Waals surface area contributed by atoms with Crippen LogP contribution in [0.25, 0.3) is 0 Å². The summed E-state index contributed by atoms with van der Waals surface area (Å²) in [5.74, 6) is 5.97. The van der Waals surface area contributed by atoms with Gasteiger partial charge in [-0.1, -0.05) is 12.0 Å². The molecule has 0 aromatic heterocycles. The summed E-state index contributed by atoms with van der Waals surface area (Å²) in [4.78, 5) is 11.4. The molecule has 0 heterocycles. The zero-order valence-corrected chi connectivity index (χ0v) is 8.94. The van der Waals surface area contributed by atoms with Gasteiger partial charge in [-0.2, -0.15) is 0 Å². The van der Waals surface area contributed by atoms with E-state index in [1.807, 2.05) is 13.0 Å². The van der Waals surface area contributed by atoms with Crippen LogP contribution >= 0.6 is 0 Å². The van der Waals surface area contributed by atoms with Crippen LogP contribution in [0.15, 0.2) is 11.6 Å². The van der Waals surface area contributed by atoms with Crippen molar-refractivity contribution >= 4 is 5.78 Å². The maximum absolute atomic E-state index is 11.4. The lowest BCUT2D eigenvalue weighted by Crippen LogP contribution is -1.99. The van der Waals surface area contributed by atoms with Crippen LogP contribution in [0, 0.1) is 11.8 Å². The monoisotopic (exact) mass is 190 g/mol. The van der Waals surface area contributed by atoms with E-state index < -0.39 is 0 Å². The third-order valence-corrected chi connectivity index (χ3v) is 2.53. The zero-order chi connectivity index (χ0) is 10.2. The first-order chi connectivity index (χ1) is 6.83. The predicted octanol–water partition coefficient (Wildman–Crippen LogP) is 3.25. The SMILES string of the molecule is CC#CCCC(=O)C=C1CCCCC1. The molecule has 0 unspecified atom stereocenters. The highest BCUT2D eigenvalue weighted by atomic mass is 16.1. The highest BCUT2D eigenvalue weighted by Gasteiger charge is 2.06. The Morgan fingerprint density at radius 2 is 2.07 bits per heavy atom. The summed E-state index contributed by atoms with van der Waals surface area (Å²) in [6, 6.07) is 0. The van der Waals surface area contributed by atoms with Gasteiger partial charge in [0.25, 0.3) is 0 Å². The first-order valence-corrected chi connectivity index (χ1v) is 5.45. The number of hydrogen-bond acceptors (Lipinski definition) is 1. The Morgan fingerprint density at radius 3 is 2.71 bits per heavy atom. The van der Waals surface area contributed by atoms with E-state index in [4.69, 9.17) is 0 Å². The van der Waals surface area contributed by atoms with Crippen molar-refractivity contribution in [3.05, 3.63) is 11.6 Å². The molecule has 1 aliphatic rings. The van der Waals surface area contributed by atoms with Crippen molar-refractivity contribution in [3.63, 3.8) is 0 Å². The van der Waals surface area contributed by atoms with E-state index in [2.05, 4.69) is 11.8 Å². The van der Waals surface area contributed by atoms with Gasteiger partial charge < -0.3 is 0 Å². The summed E-state index contributed by atoms with van der Waals surface area (Å²) in [5, 5.41) is 0. The van der Waals surface area contributed by atoms with E-state index in [0.29, 0.717) is 12.8 Å². The maximum Gasteiger partial charge on any atom is 0.156 e. The Hall–Kier alpha value is -1.03. The van der Waals surface area contributed by atoms with Crippen LogP contribution < -0.4 is 0 Å². The Kier molecular flexibility index (Phi) is 5.07. The Morgan fingerprint density at radius 1 is 1.36 bits per heavy atom. The third kappa shape index (κ3) is 4.28. The quantitative estimate of drug-likeness (QED) is 0.493. The predicted molar refractivity (Wildman–Crippen MR) is 58.9 cm³/mol. The molecule has 0 spiro atoms. The Balaban J connectivity index is 2.32. The Labute approximate surface area is 86.6 Å². The van der Waals surface area contributed by atoms with Gasteiger partial charge in [0.1, 0.15) is 0 Å². The number of rotatable bonds is 3. The molecule has 0 bridgehead atoms. The van der Waals surface area contributed by atoms with Crippen molar-refractivity contribution in [2.75, 3.05) is 0 Å². The first kappa shape index (κ1) is 11.0. The van der Waals surface area contributed by atoms with Crippen molar-refractivity contribution in [2.45, 2.75) is 51.9 Å². The molecule has 1 fully saturated rings. The van der Waals surface area contributed by atoms with Crippen LogP contribution in [-0.2, 0) is 4.79 Å². The fourth-order valence-corrected chi connectivity index (χ4v) is 1.76. The van der Waals surface area contributed by atoms with E-state index in [-0.39, 0.29) is 5.78 Å². The van der Waals surface area contributed by atoms with Crippen molar-refractivity contribution in [1.82, 2.24) is 0 Å². The van der Waals surface area contributed by atoms with Crippen molar-refractivity contribution in [3.8, 4) is 11.8 Å². The third-order valence-electron chi connectivity index (χ3n) is 2.53. The fraction of sp³-hybridized carbons (Fsp3) is 0.615. The average Bonchev–Trinajstić information content (AvgIpc) is 2.20. The lowest BCUT2D eigenvalue weighted by molar-refractivity contribution is -0.114. The lowest BCUT2D eigenvalue weighted by atomic mass is 9.93. The number of ketones is 1. The van der Waals surface area contributed by atoms with Gasteiger partial charge in [0, 0.05) is 12.8 Å². The molecule has 1 rings (SSSR count). The molecule has 0 aliphatic heterocycles. The fourth-order valence-electron chi connectivity index (χ4n) is 1.76. The summed E-state index contributed by atoms with van der Waals surface area (Å²) in [6.07, 6.45) is 9.25. The van der Waals surface area contributed by atoms with Gasteiger partial charge in [-0.15, -0.1) is 11.8 Å². The number of carbonyl (C=O) groups is 1. The van der Waals surface area contributed by atoms with Gasteiger partial charge in [-0.05, 0) is 38.7 Å². The number of allylic oxidation sites excluding steroid dienone is 2. The van der Waals surface area contributed by atoms with E-state index in [9.17, 15) is 4.79 Å². The summed E-state index contributed by atoms with van der Waals surface area (Å²) in [7, 11) is 0. The molecule has 1 saturated carbocycles. The van der Waals surface area contributed by atoms with Crippen LogP contribution in [0.2, 0.25) is 0 Å². The van der Waals surface area contributed by atoms with Gasteiger partial charge in [0.15, 0.2) is 5.78 Å². The van der Waals surface area contributed by atoms with Gasteiger partial charge in [0.2, 0.25) is 0 Å². The molecule has 1 heteroatoms. The van der Waals surface area contributed by atoms with Crippen LogP contribution in [0.4, 0.5) is 0 Å². The molecule has 0 aromatic rings. The standard InChI is InChI=1S/C13H18O/c1-2-3-5-10-13(14)11-12-8-6-4-7-9-12/h11H,4-10H2,1H3. The van der Waals surface area contributed by atoms with Crippen LogP contribution in [0.5, 0.6) is 0 Å². The second-order valence-electron chi connectivity index (χ2n) is 3.76. The van der Waals surface area contributed by atoms with E-state index in [1.54, 1.807) is 0 Å². The van der Waals surface area contributed by atoms with Crippen LogP contribution in [-0.4, -0.2) is 5.78 Å².